The van der Waals surface area contributed by atoms with Crippen molar-refractivity contribution in [1.29, 1.82) is 0 Å². The molecule has 1 amide bonds. The maximum atomic E-state index is 12.8. The van der Waals surface area contributed by atoms with Crippen molar-refractivity contribution in [1.82, 2.24) is 14.7 Å². The molecular weight excluding hydrogens is 601 g/mol. The molecule has 0 unspecified atom stereocenters. The van der Waals surface area contributed by atoms with Crippen LogP contribution in [0.15, 0.2) is 24.3 Å². The third-order valence-corrected chi connectivity index (χ3v) is 7.69. The molecule has 0 aromatic heterocycles. The fourth-order valence-electron chi connectivity index (χ4n) is 4.94. The monoisotopic (exact) mass is 637 g/mol. The minimum absolute atomic E-state index is 0.0394. The Morgan fingerprint density at radius 2 is 1.42 bits per heavy atom. The summed E-state index contributed by atoms with van der Waals surface area (Å²) in [5.74, 6) is -1.08. The zero-order valence-electron chi connectivity index (χ0n) is 24.0. The summed E-state index contributed by atoms with van der Waals surface area (Å²) in [6.45, 7) is 4.66. The van der Waals surface area contributed by atoms with Crippen LogP contribution >= 0.6 is 0 Å². The van der Waals surface area contributed by atoms with E-state index in [0.29, 0.717) is 51.9 Å². The third kappa shape index (κ3) is 11.7. The third-order valence-electron chi connectivity index (χ3n) is 7.69. The van der Waals surface area contributed by atoms with Crippen LogP contribution in [0.4, 0.5) is 44.3 Å². The average Bonchev–Trinajstić information content (AvgIpc) is 2.86. The van der Waals surface area contributed by atoms with Crippen LogP contribution in [0, 0.1) is 5.92 Å². The number of alkyl halides is 9. The highest BCUT2D eigenvalue weighted by atomic mass is 19.4. The van der Waals surface area contributed by atoms with Gasteiger partial charge < -0.3 is 14.7 Å². The first-order valence-corrected chi connectivity index (χ1v) is 13.5. The number of carbonyl (C=O) groups excluding carboxylic acids is 1. The molecule has 16 heteroatoms. The van der Waals surface area contributed by atoms with Crippen LogP contribution < -0.4 is 0 Å². The number of rotatable bonds is 7. The molecule has 0 aliphatic carbocycles. The summed E-state index contributed by atoms with van der Waals surface area (Å²) < 4.78 is 111. The number of carboxylic acid groups (broad SMARTS) is 1. The van der Waals surface area contributed by atoms with Crippen LogP contribution in [0.25, 0.3) is 0 Å². The van der Waals surface area contributed by atoms with E-state index in [1.165, 1.54) is 0 Å². The number of nitrogens with zero attached hydrogens (tertiary/aromatic N) is 3. The normalized spacial score (nSPS) is 18.8. The van der Waals surface area contributed by atoms with Crippen LogP contribution in [0.1, 0.15) is 50.7 Å². The van der Waals surface area contributed by atoms with E-state index in [9.17, 15) is 54.2 Å². The van der Waals surface area contributed by atoms with Crippen LogP contribution in [-0.2, 0) is 22.6 Å². The lowest BCUT2D eigenvalue weighted by Gasteiger charge is -2.45. The van der Waals surface area contributed by atoms with Crippen molar-refractivity contribution in [3.63, 3.8) is 0 Å². The Balaban J connectivity index is 0.00000119. The Bertz CT molecular complexity index is 1040. The van der Waals surface area contributed by atoms with E-state index in [4.69, 9.17) is 0 Å². The highest BCUT2D eigenvalue weighted by Gasteiger charge is 2.60. The predicted octanol–water partition coefficient (Wildman–Crippen LogP) is 6.47. The van der Waals surface area contributed by atoms with E-state index in [2.05, 4.69) is 14.5 Å². The van der Waals surface area contributed by atoms with Gasteiger partial charge in [0.05, 0.1) is 5.92 Å². The molecule has 1 aromatic carbocycles. The molecule has 0 bridgehead atoms. The molecule has 0 atom stereocenters. The van der Waals surface area contributed by atoms with E-state index in [1.807, 2.05) is 38.2 Å². The number of benzene rings is 1. The maximum Gasteiger partial charge on any atom is 0.434 e. The van der Waals surface area contributed by atoms with Gasteiger partial charge in [-0.3, -0.25) is 14.6 Å². The van der Waals surface area contributed by atoms with Gasteiger partial charge >= 0.3 is 30.6 Å². The first-order chi connectivity index (χ1) is 19.6. The highest BCUT2D eigenvalue weighted by molar-refractivity contribution is 5.70. The van der Waals surface area contributed by atoms with Gasteiger partial charge in [0, 0.05) is 38.6 Å². The van der Waals surface area contributed by atoms with E-state index < -0.39 is 42.2 Å². The van der Waals surface area contributed by atoms with E-state index in [-0.39, 0.29) is 25.9 Å². The molecule has 246 valence electrons. The van der Waals surface area contributed by atoms with Gasteiger partial charge in [-0.2, -0.15) is 39.5 Å². The molecule has 0 saturated carbocycles. The number of hydrogen-bond donors (Lipinski definition) is 1. The molecular formula is C27H36F9N3O4. The topological polar surface area (TPSA) is 73.3 Å². The second kappa shape index (κ2) is 14.4. The standard InChI is InChI=1S/C25H33F6N3O4.C2H3F3/c1-23(9-13-34(14-10-23)22(37)38-21(24(26,27)28)25(29,30)31)32(2)15-18-5-3-4-6-19(18)16-33-11-7-17(8-12-33)20(35)36;1-2(3,4)5/h3-6,17,21H,7-16H2,1-2H3,(H,35,36);1H3. The molecule has 43 heavy (non-hydrogen) atoms. The largest absolute Gasteiger partial charge is 0.481 e. The Kier molecular flexibility index (Phi) is 12.2. The molecule has 2 saturated heterocycles. The summed E-state index contributed by atoms with van der Waals surface area (Å²) >= 11 is 0. The molecule has 2 fully saturated rings. The molecule has 3 rings (SSSR count). The van der Waals surface area contributed by atoms with Gasteiger partial charge in [-0.1, -0.05) is 24.3 Å². The van der Waals surface area contributed by atoms with Crippen LogP contribution in [0.2, 0.25) is 0 Å². The van der Waals surface area contributed by atoms with E-state index in [0.717, 1.165) is 16.0 Å². The van der Waals surface area contributed by atoms with Crippen molar-refractivity contribution in [2.75, 3.05) is 33.2 Å². The van der Waals surface area contributed by atoms with Crippen LogP contribution in [0.3, 0.4) is 0 Å². The van der Waals surface area contributed by atoms with Gasteiger partial charge in [0.25, 0.3) is 6.10 Å². The molecule has 0 radical (unpaired) electrons. The Labute approximate surface area is 243 Å². The minimum atomic E-state index is -5.75. The Morgan fingerprint density at radius 1 is 0.953 bits per heavy atom. The van der Waals surface area contributed by atoms with Gasteiger partial charge in [-0.15, -0.1) is 0 Å². The SMILES string of the molecule is CC(F)(F)F.CN(Cc1ccccc1CN1CCC(C(=O)O)CC1)C1(C)CCN(C(=O)OC(C(F)(F)F)C(F)(F)F)CC1. The highest BCUT2D eigenvalue weighted by Crippen LogP contribution is 2.37. The summed E-state index contributed by atoms with van der Waals surface area (Å²) in [5, 5.41) is 9.21. The van der Waals surface area contributed by atoms with Crippen molar-refractivity contribution in [3.05, 3.63) is 35.4 Å². The number of amides is 1. The summed E-state index contributed by atoms with van der Waals surface area (Å²) in [6.07, 6.45) is -19.4. The van der Waals surface area contributed by atoms with Crippen LogP contribution in [0.5, 0.6) is 0 Å². The molecule has 0 spiro atoms. The Hall–Kier alpha value is -2.75. The quantitative estimate of drug-likeness (QED) is 0.346. The molecule has 1 N–H and O–H groups in total. The summed E-state index contributed by atoms with van der Waals surface area (Å²) in [5.41, 5.74) is 1.72. The number of hydrogen-bond acceptors (Lipinski definition) is 5. The predicted molar refractivity (Wildman–Crippen MR) is 137 cm³/mol. The van der Waals surface area contributed by atoms with Crippen molar-refractivity contribution >= 4 is 12.1 Å². The molecule has 7 nitrogen and oxygen atoms in total. The molecule has 2 aliphatic rings. The maximum absolute atomic E-state index is 12.8. The van der Waals surface area contributed by atoms with Gasteiger partial charge in [0.15, 0.2) is 0 Å². The van der Waals surface area contributed by atoms with Crippen molar-refractivity contribution in [2.24, 2.45) is 5.92 Å². The minimum Gasteiger partial charge on any atom is -0.481 e. The lowest BCUT2D eigenvalue weighted by atomic mass is 9.87. The summed E-state index contributed by atoms with van der Waals surface area (Å²) in [4.78, 5) is 28.5. The number of likely N-dealkylation sites (tertiary alicyclic amines) is 2. The molecule has 1 aromatic rings. The van der Waals surface area contributed by atoms with E-state index >= 15 is 0 Å². The lowest BCUT2D eigenvalue weighted by Crippen LogP contribution is -2.54. The number of aliphatic carboxylic acids is 1. The first-order valence-electron chi connectivity index (χ1n) is 13.5. The fraction of sp³-hybridized carbons (Fsp3) is 0.704. The zero-order chi connectivity index (χ0) is 32.8. The van der Waals surface area contributed by atoms with Gasteiger partial charge in [0.1, 0.15) is 0 Å². The smallest absolute Gasteiger partial charge is 0.434 e. The van der Waals surface area contributed by atoms with E-state index in [1.54, 1.807) is 0 Å². The molecule has 2 heterocycles. The van der Waals surface area contributed by atoms with Gasteiger partial charge in [0.2, 0.25) is 0 Å². The van der Waals surface area contributed by atoms with Crippen LogP contribution in [-0.4, -0.2) is 95.3 Å². The number of piperidine rings is 2. The zero-order valence-corrected chi connectivity index (χ0v) is 24.0. The van der Waals surface area contributed by atoms with Gasteiger partial charge in [-0.05, 0) is 63.9 Å². The Morgan fingerprint density at radius 3 is 1.86 bits per heavy atom. The number of halogens is 9. The fourth-order valence-corrected chi connectivity index (χ4v) is 4.94. The molecule has 2 aliphatic heterocycles. The van der Waals surface area contributed by atoms with Crippen molar-refractivity contribution in [3.8, 4) is 0 Å². The number of ether oxygens (including phenoxy) is 1. The summed E-state index contributed by atoms with van der Waals surface area (Å²) in [7, 11) is 1.90. The number of carbonyl (C=O) groups is 2. The van der Waals surface area contributed by atoms with Crippen molar-refractivity contribution in [2.45, 2.75) is 82.8 Å². The van der Waals surface area contributed by atoms with Gasteiger partial charge in [-0.25, -0.2) is 4.79 Å². The average molecular weight is 638 g/mol. The van der Waals surface area contributed by atoms with Crippen molar-refractivity contribution < 1.29 is 58.9 Å². The second-order valence-corrected chi connectivity index (χ2v) is 11.1. The first kappa shape index (κ1) is 36.4. The second-order valence-electron chi connectivity index (χ2n) is 11.1. The number of carboxylic acids is 1. The summed E-state index contributed by atoms with van der Waals surface area (Å²) in [6, 6.07) is 7.87. The lowest BCUT2D eigenvalue weighted by molar-refractivity contribution is -0.308.